The maximum Gasteiger partial charge on any atom is 0.251 e. The Morgan fingerprint density at radius 1 is 1.44 bits per heavy atom. The SMILES string of the molecule is CCSC(=N)CNC(=O)c1ccc(F)cc1. The summed E-state index contributed by atoms with van der Waals surface area (Å²) in [5, 5.41) is 10.5. The molecule has 3 nitrogen and oxygen atoms in total. The van der Waals surface area contributed by atoms with E-state index in [1.165, 1.54) is 36.0 Å². The zero-order valence-electron chi connectivity index (χ0n) is 8.92. The van der Waals surface area contributed by atoms with Gasteiger partial charge >= 0.3 is 0 Å². The first-order valence-electron chi connectivity index (χ1n) is 4.87. The van der Waals surface area contributed by atoms with Crippen LogP contribution in [0.3, 0.4) is 0 Å². The van der Waals surface area contributed by atoms with Gasteiger partial charge in [-0.15, -0.1) is 11.8 Å². The van der Waals surface area contributed by atoms with E-state index in [9.17, 15) is 9.18 Å². The average Bonchev–Trinajstić information content (AvgIpc) is 2.27. The molecule has 0 atom stereocenters. The molecular weight excluding hydrogens is 227 g/mol. The Hall–Kier alpha value is -1.36. The van der Waals surface area contributed by atoms with Gasteiger partial charge < -0.3 is 5.32 Å². The fourth-order valence-corrected chi connectivity index (χ4v) is 1.61. The number of benzene rings is 1. The number of nitrogens with one attached hydrogen (secondary N) is 2. The van der Waals surface area contributed by atoms with Crippen LogP contribution in [0.15, 0.2) is 24.3 Å². The molecule has 0 saturated carbocycles. The van der Waals surface area contributed by atoms with E-state index in [0.29, 0.717) is 10.6 Å². The zero-order valence-corrected chi connectivity index (χ0v) is 9.73. The molecule has 0 unspecified atom stereocenters. The molecule has 0 aliphatic carbocycles. The van der Waals surface area contributed by atoms with Crippen molar-refractivity contribution in [3.05, 3.63) is 35.6 Å². The highest BCUT2D eigenvalue weighted by molar-refractivity contribution is 8.13. The Balaban J connectivity index is 2.47. The molecule has 0 aliphatic heterocycles. The number of rotatable bonds is 4. The van der Waals surface area contributed by atoms with Crippen LogP contribution in [0.4, 0.5) is 4.39 Å². The summed E-state index contributed by atoms with van der Waals surface area (Å²) in [6, 6.07) is 5.31. The third kappa shape index (κ3) is 4.02. The van der Waals surface area contributed by atoms with Crippen LogP contribution in [0, 0.1) is 11.2 Å². The molecule has 1 aromatic rings. The number of carbonyl (C=O) groups is 1. The lowest BCUT2D eigenvalue weighted by Crippen LogP contribution is -2.28. The first-order chi connectivity index (χ1) is 7.63. The summed E-state index contributed by atoms with van der Waals surface area (Å²) in [5.74, 6) is 0.151. The lowest BCUT2D eigenvalue weighted by molar-refractivity contribution is 0.0959. The van der Waals surface area contributed by atoms with E-state index in [-0.39, 0.29) is 18.3 Å². The maximum absolute atomic E-state index is 12.6. The summed E-state index contributed by atoms with van der Waals surface area (Å²) in [7, 11) is 0. The van der Waals surface area contributed by atoms with Crippen molar-refractivity contribution in [3.63, 3.8) is 0 Å². The summed E-state index contributed by atoms with van der Waals surface area (Å²) in [6.07, 6.45) is 0. The topological polar surface area (TPSA) is 53.0 Å². The van der Waals surface area contributed by atoms with E-state index < -0.39 is 0 Å². The van der Waals surface area contributed by atoms with E-state index >= 15 is 0 Å². The van der Waals surface area contributed by atoms with Gasteiger partial charge in [-0.1, -0.05) is 6.92 Å². The first-order valence-corrected chi connectivity index (χ1v) is 5.86. The molecule has 0 saturated heterocycles. The second-order valence-electron chi connectivity index (χ2n) is 3.05. The van der Waals surface area contributed by atoms with Crippen molar-refractivity contribution >= 4 is 22.7 Å². The van der Waals surface area contributed by atoms with Gasteiger partial charge in [0.05, 0.1) is 11.6 Å². The van der Waals surface area contributed by atoms with Crippen molar-refractivity contribution in [3.8, 4) is 0 Å². The standard InChI is InChI=1S/C11H13FN2OS/c1-2-16-10(13)7-14-11(15)8-3-5-9(12)6-4-8/h3-6,13H,2,7H2,1H3,(H,14,15). The van der Waals surface area contributed by atoms with Crippen LogP contribution in [-0.4, -0.2) is 23.2 Å². The molecule has 5 heteroatoms. The number of halogens is 1. The lowest BCUT2D eigenvalue weighted by atomic mass is 10.2. The van der Waals surface area contributed by atoms with Crippen molar-refractivity contribution in [1.29, 1.82) is 5.41 Å². The molecule has 1 amide bonds. The highest BCUT2D eigenvalue weighted by Gasteiger charge is 2.05. The number of hydrogen-bond acceptors (Lipinski definition) is 3. The highest BCUT2D eigenvalue weighted by atomic mass is 32.2. The average molecular weight is 240 g/mol. The van der Waals surface area contributed by atoms with Gasteiger partial charge in [-0.05, 0) is 30.0 Å². The fourth-order valence-electron chi connectivity index (χ4n) is 1.09. The quantitative estimate of drug-likeness (QED) is 0.626. The van der Waals surface area contributed by atoms with E-state index in [2.05, 4.69) is 5.32 Å². The van der Waals surface area contributed by atoms with Crippen LogP contribution in [0.5, 0.6) is 0 Å². The van der Waals surface area contributed by atoms with E-state index in [1.54, 1.807) is 0 Å². The molecule has 0 bridgehead atoms. The zero-order chi connectivity index (χ0) is 12.0. The van der Waals surface area contributed by atoms with Crippen molar-refractivity contribution in [2.45, 2.75) is 6.92 Å². The minimum Gasteiger partial charge on any atom is -0.346 e. The van der Waals surface area contributed by atoms with Gasteiger partial charge in [0.1, 0.15) is 5.82 Å². The molecule has 0 heterocycles. The molecule has 16 heavy (non-hydrogen) atoms. The summed E-state index contributed by atoms with van der Waals surface area (Å²) in [5.41, 5.74) is 0.399. The van der Waals surface area contributed by atoms with Crippen molar-refractivity contribution in [2.24, 2.45) is 0 Å². The number of hydrogen-bond donors (Lipinski definition) is 2. The second kappa shape index (κ2) is 6.27. The number of amides is 1. The molecule has 2 N–H and O–H groups in total. The largest absolute Gasteiger partial charge is 0.346 e. The normalized spacial score (nSPS) is 9.88. The first kappa shape index (κ1) is 12.7. The van der Waals surface area contributed by atoms with Crippen molar-refractivity contribution in [1.82, 2.24) is 5.32 Å². The van der Waals surface area contributed by atoms with Gasteiger partial charge in [-0.3, -0.25) is 10.2 Å². The Kier molecular flexibility index (Phi) is 4.98. The lowest BCUT2D eigenvalue weighted by Gasteiger charge is -2.05. The van der Waals surface area contributed by atoms with Gasteiger partial charge in [0.2, 0.25) is 0 Å². The molecule has 0 spiro atoms. The highest BCUT2D eigenvalue weighted by Crippen LogP contribution is 2.03. The number of thioether (sulfide) groups is 1. The second-order valence-corrected chi connectivity index (χ2v) is 4.40. The Bertz CT molecular complexity index is 378. The Morgan fingerprint density at radius 3 is 2.62 bits per heavy atom. The summed E-state index contributed by atoms with van der Waals surface area (Å²) in [6.45, 7) is 2.16. The Morgan fingerprint density at radius 2 is 2.06 bits per heavy atom. The molecule has 86 valence electrons. The van der Waals surface area contributed by atoms with E-state index in [1.807, 2.05) is 6.92 Å². The van der Waals surface area contributed by atoms with Crippen LogP contribution in [0.25, 0.3) is 0 Å². The van der Waals surface area contributed by atoms with E-state index in [4.69, 9.17) is 5.41 Å². The molecule has 1 rings (SSSR count). The van der Waals surface area contributed by atoms with Crippen LogP contribution < -0.4 is 5.32 Å². The summed E-state index contributed by atoms with van der Waals surface area (Å²) >= 11 is 1.38. The molecule has 0 radical (unpaired) electrons. The summed E-state index contributed by atoms with van der Waals surface area (Å²) < 4.78 is 12.6. The van der Waals surface area contributed by atoms with Gasteiger partial charge in [0, 0.05) is 5.56 Å². The van der Waals surface area contributed by atoms with Crippen molar-refractivity contribution < 1.29 is 9.18 Å². The molecular formula is C11H13FN2OS. The monoisotopic (exact) mass is 240 g/mol. The van der Waals surface area contributed by atoms with Gasteiger partial charge in [0.25, 0.3) is 5.91 Å². The molecule has 0 aromatic heterocycles. The Labute approximate surface area is 97.9 Å². The van der Waals surface area contributed by atoms with Gasteiger partial charge in [0.15, 0.2) is 0 Å². The van der Waals surface area contributed by atoms with Crippen LogP contribution >= 0.6 is 11.8 Å². The molecule has 0 aliphatic rings. The van der Waals surface area contributed by atoms with Crippen molar-refractivity contribution in [2.75, 3.05) is 12.3 Å². The smallest absolute Gasteiger partial charge is 0.251 e. The predicted octanol–water partition coefficient (Wildman–Crippen LogP) is 2.29. The minimum atomic E-state index is -0.370. The molecule has 0 fully saturated rings. The third-order valence-electron chi connectivity index (χ3n) is 1.83. The van der Waals surface area contributed by atoms with Gasteiger partial charge in [-0.25, -0.2) is 4.39 Å². The van der Waals surface area contributed by atoms with Crippen LogP contribution in [-0.2, 0) is 0 Å². The van der Waals surface area contributed by atoms with Crippen LogP contribution in [0.2, 0.25) is 0 Å². The third-order valence-corrected chi connectivity index (χ3v) is 2.62. The maximum atomic E-state index is 12.6. The van der Waals surface area contributed by atoms with Gasteiger partial charge in [-0.2, -0.15) is 0 Å². The number of carbonyl (C=O) groups excluding carboxylic acids is 1. The van der Waals surface area contributed by atoms with Crippen LogP contribution in [0.1, 0.15) is 17.3 Å². The predicted molar refractivity (Wildman–Crippen MR) is 64.6 cm³/mol. The minimum absolute atomic E-state index is 0.217. The summed E-state index contributed by atoms with van der Waals surface area (Å²) in [4.78, 5) is 11.5. The molecule has 1 aromatic carbocycles. The van der Waals surface area contributed by atoms with E-state index in [0.717, 1.165) is 5.75 Å². The fraction of sp³-hybridized carbons (Fsp3) is 0.273.